The zero-order valence-corrected chi connectivity index (χ0v) is 11.2. The molecule has 0 aliphatic carbocycles. The van der Waals surface area contributed by atoms with Gasteiger partial charge in [0.25, 0.3) is 0 Å². The molecule has 5 nitrogen and oxygen atoms in total. The molecule has 0 saturated carbocycles. The largest absolute Gasteiger partial charge is 0.508 e. The van der Waals surface area contributed by atoms with Gasteiger partial charge in [-0.05, 0) is 42.0 Å². The zero-order chi connectivity index (χ0) is 12.7. The van der Waals surface area contributed by atoms with Crippen LogP contribution in [0.3, 0.4) is 0 Å². The minimum absolute atomic E-state index is 0.193. The average molecular weight is 232 g/mol. The molecule has 0 aromatic heterocycles. The third-order valence-corrected chi connectivity index (χ3v) is 2.65. The van der Waals surface area contributed by atoms with E-state index in [2.05, 4.69) is 0 Å². The van der Waals surface area contributed by atoms with Crippen LogP contribution in [0.2, 0.25) is 0 Å². The molecule has 0 radical (unpaired) electrons. The van der Waals surface area contributed by atoms with Gasteiger partial charge in [-0.1, -0.05) is 0 Å². The summed E-state index contributed by atoms with van der Waals surface area (Å²) in [6.07, 6.45) is -0.595. The Morgan fingerprint density at radius 1 is 0.938 bits per heavy atom. The Morgan fingerprint density at radius 2 is 1.25 bits per heavy atom. The van der Waals surface area contributed by atoms with Crippen molar-refractivity contribution >= 4 is 6.16 Å². The maximum atomic E-state index is 11.2. The van der Waals surface area contributed by atoms with E-state index in [1.165, 1.54) is 0 Å². The molecular formula is C11H24N2O3. The van der Waals surface area contributed by atoms with Crippen molar-refractivity contribution < 1.29 is 14.3 Å². The van der Waals surface area contributed by atoms with Crippen LogP contribution in [0.25, 0.3) is 0 Å². The third-order valence-electron chi connectivity index (χ3n) is 2.65. The smallest absolute Gasteiger partial charge is 0.433 e. The summed E-state index contributed by atoms with van der Waals surface area (Å²) in [6.45, 7) is 4.66. The van der Waals surface area contributed by atoms with Crippen molar-refractivity contribution in [3.8, 4) is 0 Å². The van der Waals surface area contributed by atoms with Crippen LogP contribution in [0.5, 0.6) is 0 Å². The number of carbonyl (C=O) groups is 1. The normalized spacial score (nSPS) is 15.0. The fourth-order valence-corrected chi connectivity index (χ4v) is 0.717. The van der Waals surface area contributed by atoms with Gasteiger partial charge in [-0.3, -0.25) is 0 Å². The van der Waals surface area contributed by atoms with Crippen LogP contribution in [-0.2, 0) is 9.47 Å². The summed E-state index contributed by atoms with van der Waals surface area (Å²) in [6, 6.07) is 0.387. The van der Waals surface area contributed by atoms with Crippen molar-refractivity contribution in [3.05, 3.63) is 0 Å². The molecule has 0 heterocycles. The van der Waals surface area contributed by atoms with Gasteiger partial charge < -0.3 is 19.3 Å². The van der Waals surface area contributed by atoms with Crippen molar-refractivity contribution in [1.29, 1.82) is 0 Å². The summed E-state index contributed by atoms with van der Waals surface area (Å²) < 4.78 is 9.95. The van der Waals surface area contributed by atoms with Gasteiger partial charge in [0.05, 0.1) is 0 Å². The highest BCUT2D eigenvalue weighted by molar-refractivity contribution is 5.59. The molecule has 96 valence electrons. The van der Waals surface area contributed by atoms with E-state index >= 15 is 0 Å². The summed E-state index contributed by atoms with van der Waals surface area (Å²) in [5, 5.41) is 0. The van der Waals surface area contributed by atoms with E-state index in [1.54, 1.807) is 0 Å². The Hall–Kier alpha value is -0.810. The minimum atomic E-state index is -0.595. The van der Waals surface area contributed by atoms with Crippen molar-refractivity contribution in [3.63, 3.8) is 0 Å². The average Bonchev–Trinajstić information content (AvgIpc) is 2.21. The third kappa shape index (κ3) is 6.63. The van der Waals surface area contributed by atoms with E-state index in [0.29, 0.717) is 13.2 Å². The molecule has 0 aromatic carbocycles. The van der Waals surface area contributed by atoms with Gasteiger partial charge >= 0.3 is 6.16 Å². The van der Waals surface area contributed by atoms with Crippen LogP contribution >= 0.6 is 0 Å². The van der Waals surface area contributed by atoms with E-state index in [1.807, 2.05) is 51.8 Å². The second-order valence-electron chi connectivity index (χ2n) is 4.50. The van der Waals surface area contributed by atoms with Crippen LogP contribution in [0.15, 0.2) is 0 Å². The first-order chi connectivity index (χ1) is 7.34. The van der Waals surface area contributed by atoms with Gasteiger partial charge in [0, 0.05) is 12.1 Å². The van der Waals surface area contributed by atoms with Gasteiger partial charge in [0.1, 0.15) is 13.2 Å². The van der Waals surface area contributed by atoms with Crippen LogP contribution in [0, 0.1) is 0 Å². The predicted molar refractivity (Wildman–Crippen MR) is 63.6 cm³/mol. The zero-order valence-electron chi connectivity index (χ0n) is 11.2. The highest BCUT2D eigenvalue weighted by atomic mass is 16.7. The van der Waals surface area contributed by atoms with Crippen molar-refractivity contribution in [1.82, 2.24) is 9.80 Å². The second-order valence-corrected chi connectivity index (χ2v) is 4.50. The SMILES string of the molecule is CC(COC(=O)OCC(C)N(C)C)N(C)C. The second kappa shape index (κ2) is 7.46. The number of ether oxygens (including phenoxy) is 2. The Kier molecular flexibility index (Phi) is 7.08. The molecule has 0 spiro atoms. The summed E-state index contributed by atoms with van der Waals surface area (Å²) in [7, 11) is 7.75. The molecule has 0 bridgehead atoms. The highest BCUT2D eigenvalue weighted by Gasteiger charge is 2.12. The van der Waals surface area contributed by atoms with Gasteiger partial charge in [-0.15, -0.1) is 0 Å². The first-order valence-electron chi connectivity index (χ1n) is 5.47. The van der Waals surface area contributed by atoms with Gasteiger partial charge in [-0.25, -0.2) is 4.79 Å². The summed E-state index contributed by atoms with van der Waals surface area (Å²) in [4.78, 5) is 15.2. The summed E-state index contributed by atoms with van der Waals surface area (Å²) in [5.74, 6) is 0. The Labute approximate surface area is 98.3 Å². The van der Waals surface area contributed by atoms with Gasteiger partial charge in [0.15, 0.2) is 0 Å². The molecule has 0 rings (SSSR count). The van der Waals surface area contributed by atoms with E-state index in [-0.39, 0.29) is 12.1 Å². The fourth-order valence-electron chi connectivity index (χ4n) is 0.717. The molecule has 5 heteroatoms. The molecule has 0 aliphatic rings. The lowest BCUT2D eigenvalue weighted by Crippen LogP contribution is -2.33. The van der Waals surface area contributed by atoms with E-state index < -0.39 is 6.16 Å². The van der Waals surface area contributed by atoms with Crippen molar-refractivity contribution in [2.24, 2.45) is 0 Å². The van der Waals surface area contributed by atoms with Crippen LogP contribution in [-0.4, -0.2) is 69.4 Å². The van der Waals surface area contributed by atoms with Crippen LogP contribution in [0.4, 0.5) is 4.79 Å². The molecule has 0 saturated heterocycles. The quantitative estimate of drug-likeness (QED) is 0.640. The van der Waals surface area contributed by atoms with Crippen molar-refractivity contribution in [2.75, 3.05) is 41.4 Å². The first kappa shape index (κ1) is 15.2. The summed E-state index contributed by atoms with van der Waals surface area (Å²) in [5.41, 5.74) is 0. The maximum absolute atomic E-state index is 11.2. The number of rotatable bonds is 6. The standard InChI is InChI=1S/C11H24N2O3/c1-9(12(3)4)7-15-11(14)16-8-10(2)13(5)6/h9-10H,7-8H2,1-6H3. The molecule has 0 aliphatic heterocycles. The lowest BCUT2D eigenvalue weighted by molar-refractivity contribution is 0.0290. The van der Waals surface area contributed by atoms with Crippen molar-refractivity contribution in [2.45, 2.75) is 25.9 Å². The molecule has 16 heavy (non-hydrogen) atoms. The van der Waals surface area contributed by atoms with Crippen LogP contribution in [0.1, 0.15) is 13.8 Å². The van der Waals surface area contributed by atoms with Gasteiger partial charge in [-0.2, -0.15) is 0 Å². The lowest BCUT2D eigenvalue weighted by atomic mass is 10.3. The molecule has 2 unspecified atom stereocenters. The minimum Gasteiger partial charge on any atom is -0.433 e. The maximum Gasteiger partial charge on any atom is 0.508 e. The monoisotopic (exact) mass is 232 g/mol. The lowest BCUT2D eigenvalue weighted by Gasteiger charge is -2.21. The molecule has 0 fully saturated rings. The number of nitrogens with zero attached hydrogens (tertiary/aromatic N) is 2. The highest BCUT2D eigenvalue weighted by Crippen LogP contribution is 1.97. The Bertz CT molecular complexity index is 187. The molecule has 0 N–H and O–H groups in total. The molecule has 0 amide bonds. The Balaban J connectivity index is 3.67. The Morgan fingerprint density at radius 3 is 1.50 bits per heavy atom. The fraction of sp³-hybridized carbons (Fsp3) is 0.909. The summed E-state index contributed by atoms with van der Waals surface area (Å²) >= 11 is 0. The number of hydrogen-bond donors (Lipinski definition) is 0. The van der Waals surface area contributed by atoms with E-state index in [0.717, 1.165) is 0 Å². The number of carbonyl (C=O) groups excluding carboxylic acids is 1. The first-order valence-corrected chi connectivity index (χ1v) is 5.47. The van der Waals surface area contributed by atoms with Gasteiger partial charge in [0.2, 0.25) is 0 Å². The molecular weight excluding hydrogens is 208 g/mol. The van der Waals surface area contributed by atoms with Crippen LogP contribution < -0.4 is 0 Å². The predicted octanol–water partition coefficient (Wildman–Crippen LogP) is 1.04. The molecule has 0 aromatic rings. The molecule has 2 atom stereocenters. The number of likely N-dealkylation sites (N-methyl/N-ethyl adjacent to an activating group) is 2. The van der Waals surface area contributed by atoms with E-state index in [4.69, 9.17) is 9.47 Å². The topological polar surface area (TPSA) is 42.0 Å². The van der Waals surface area contributed by atoms with E-state index in [9.17, 15) is 4.79 Å². The number of hydrogen-bond acceptors (Lipinski definition) is 5.